The maximum Gasteiger partial charge on any atom is 0.211 e. The van der Waals surface area contributed by atoms with Crippen molar-refractivity contribution >= 4 is 40.0 Å². The molecule has 0 unspecified atom stereocenters. The Balaban J connectivity index is 0.00000529. The molecule has 0 aliphatic rings. The van der Waals surface area contributed by atoms with Crippen LogP contribution >= 0.6 is 24.0 Å². The van der Waals surface area contributed by atoms with Crippen molar-refractivity contribution in [3.05, 3.63) is 29.8 Å². The van der Waals surface area contributed by atoms with Crippen LogP contribution in [-0.2, 0) is 16.4 Å². The summed E-state index contributed by atoms with van der Waals surface area (Å²) in [6, 6.07) is 7.91. The van der Waals surface area contributed by atoms with Crippen LogP contribution in [0.3, 0.4) is 0 Å². The zero-order chi connectivity index (χ0) is 17.1. The Morgan fingerprint density at radius 2 is 1.75 bits per heavy atom. The first-order valence-corrected chi connectivity index (χ1v) is 9.20. The zero-order valence-electron chi connectivity index (χ0n) is 14.3. The summed E-state index contributed by atoms with van der Waals surface area (Å²) in [4.78, 5) is 4.10. The fourth-order valence-electron chi connectivity index (χ4n) is 1.83. The quantitative estimate of drug-likeness (QED) is 0.217. The fourth-order valence-corrected chi connectivity index (χ4v) is 2.44. The highest BCUT2D eigenvalue weighted by atomic mass is 127. The van der Waals surface area contributed by atoms with E-state index in [9.17, 15) is 8.42 Å². The van der Waals surface area contributed by atoms with Gasteiger partial charge in [0.15, 0.2) is 5.96 Å². The molecule has 0 aliphatic carbocycles. The first-order valence-electron chi connectivity index (χ1n) is 7.55. The summed E-state index contributed by atoms with van der Waals surface area (Å²) in [5, 5.41) is 6.25. The Morgan fingerprint density at radius 3 is 2.29 bits per heavy atom. The van der Waals surface area contributed by atoms with Gasteiger partial charge in [0.2, 0.25) is 10.0 Å². The van der Waals surface area contributed by atoms with Crippen LogP contribution in [0.2, 0.25) is 0 Å². The largest absolute Gasteiger partial charge is 0.497 e. The van der Waals surface area contributed by atoms with Gasteiger partial charge in [-0.05, 0) is 31.0 Å². The van der Waals surface area contributed by atoms with Crippen molar-refractivity contribution in [1.29, 1.82) is 0 Å². The van der Waals surface area contributed by atoms with Crippen molar-refractivity contribution in [2.24, 2.45) is 4.99 Å². The van der Waals surface area contributed by atoms with E-state index in [0.29, 0.717) is 19.0 Å². The second-order valence-corrected chi connectivity index (χ2v) is 6.92. The van der Waals surface area contributed by atoms with E-state index in [2.05, 4.69) is 20.3 Å². The third-order valence-corrected chi connectivity index (χ3v) is 4.61. The van der Waals surface area contributed by atoms with Gasteiger partial charge in [-0.2, -0.15) is 0 Å². The molecule has 0 radical (unpaired) electrons. The second kappa shape index (κ2) is 12.3. The van der Waals surface area contributed by atoms with Crippen LogP contribution in [0.4, 0.5) is 0 Å². The van der Waals surface area contributed by atoms with Gasteiger partial charge in [0.25, 0.3) is 0 Å². The van der Waals surface area contributed by atoms with E-state index in [4.69, 9.17) is 4.74 Å². The van der Waals surface area contributed by atoms with E-state index in [0.717, 1.165) is 18.7 Å². The maximum absolute atomic E-state index is 11.3. The molecule has 9 heteroatoms. The molecule has 138 valence electrons. The van der Waals surface area contributed by atoms with Crippen LogP contribution < -0.4 is 20.1 Å². The SMILES string of the molecule is CCS(=O)(=O)NCCNC(=NC)NCCc1ccc(OC)cc1.I. The van der Waals surface area contributed by atoms with Gasteiger partial charge in [0.05, 0.1) is 12.9 Å². The topological polar surface area (TPSA) is 91.8 Å². The zero-order valence-corrected chi connectivity index (χ0v) is 17.5. The number of nitrogens with one attached hydrogen (secondary N) is 3. The lowest BCUT2D eigenvalue weighted by Gasteiger charge is -2.12. The van der Waals surface area contributed by atoms with Crippen molar-refractivity contribution in [2.75, 3.05) is 39.5 Å². The number of nitrogens with zero attached hydrogens (tertiary/aromatic N) is 1. The third kappa shape index (κ3) is 9.28. The van der Waals surface area contributed by atoms with Gasteiger partial charge in [0, 0.05) is 26.7 Å². The number of guanidine groups is 1. The van der Waals surface area contributed by atoms with Gasteiger partial charge >= 0.3 is 0 Å². The number of ether oxygens (including phenoxy) is 1. The van der Waals surface area contributed by atoms with Crippen LogP contribution in [0, 0.1) is 0 Å². The number of methoxy groups -OCH3 is 1. The van der Waals surface area contributed by atoms with E-state index in [1.807, 2.05) is 24.3 Å². The second-order valence-electron chi connectivity index (χ2n) is 4.82. The van der Waals surface area contributed by atoms with Gasteiger partial charge in [-0.1, -0.05) is 12.1 Å². The Labute approximate surface area is 161 Å². The Kier molecular flexibility index (Phi) is 11.8. The van der Waals surface area contributed by atoms with Crippen molar-refractivity contribution in [1.82, 2.24) is 15.4 Å². The van der Waals surface area contributed by atoms with Gasteiger partial charge in [-0.25, -0.2) is 13.1 Å². The minimum Gasteiger partial charge on any atom is -0.497 e. The summed E-state index contributed by atoms with van der Waals surface area (Å²) < 4.78 is 30.2. The predicted molar refractivity (Wildman–Crippen MR) is 109 cm³/mol. The first kappa shape index (κ1) is 22.9. The first-order chi connectivity index (χ1) is 11.0. The van der Waals surface area contributed by atoms with Crippen LogP contribution in [-0.4, -0.2) is 53.9 Å². The lowest BCUT2D eigenvalue weighted by molar-refractivity contribution is 0.414. The smallest absolute Gasteiger partial charge is 0.211 e. The third-order valence-electron chi connectivity index (χ3n) is 3.21. The molecule has 0 bridgehead atoms. The number of halogens is 1. The molecule has 7 nitrogen and oxygen atoms in total. The summed E-state index contributed by atoms with van der Waals surface area (Å²) in [6.07, 6.45) is 0.854. The van der Waals surface area contributed by atoms with Crippen LogP contribution in [0.25, 0.3) is 0 Å². The number of hydrogen-bond donors (Lipinski definition) is 3. The molecule has 0 heterocycles. The molecule has 0 fully saturated rings. The van der Waals surface area contributed by atoms with Crippen LogP contribution in [0.5, 0.6) is 5.75 Å². The number of rotatable bonds is 9. The summed E-state index contributed by atoms with van der Waals surface area (Å²) >= 11 is 0. The Bertz CT molecular complexity index is 591. The molecular weight excluding hydrogens is 443 g/mol. The highest BCUT2D eigenvalue weighted by Gasteiger charge is 2.05. The van der Waals surface area contributed by atoms with E-state index >= 15 is 0 Å². The average Bonchev–Trinajstić information content (AvgIpc) is 2.57. The van der Waals surface area contributed by atoms with Crippen molar-refractivity contribution in [3.63, 3.8) is 0 Å². The minimum atomic E-state index is -3.14. The van der Waals surface area contributed by atoms with E-state index in [1.165, 1.54) is 5.56 Å². The highest BCUT2D eigenvalue weighted by molar-refractivity contribution is 14.0. The lowest BCUT2D eigenvalue weighted by atomic mass is 10.1. The van der Waals surface area contributed by atoms with E-state index in [1.54, 1.807) is 21.1 Å². The van der Waals surface area contributed by atoms with Gasteiger partial charge in [-0.15, -0.1) is 24.0 Å². The minimum absolute atomic E-state index is 0. The van der Waals surface area contributed by atoms with Gasteiger partial charge < -0.3 is 15.4 Å². The molecular formula is C15H27IN4O3S. The molecule has 0 amide bonds. The van der Waals surface area contributed by atoms with Crippen molar-refractivity contribution in [2.45, 2.75) is 13.3 Å². The van der Waals surface area contributed by atoms with Crippen molar-refractivity contribution < 1.29 is 13.2 Å². The molecule has 0 aromatic heterocycles. The lowest BCUT2D eigenvalue weighted by Crippen LogP contribution is -2.42. The maximum atomic E-state index is 11.3. The van der Waals surface area contributed by atoms with Gasteiger partial charge in [-0.3, -0.25) is 4.99 Å². The Hall–Kier alpha value is -1.07. The molecule has 1 aromatic rings. The number of benzene rings is 1. The summed E-state index contributed by atoms with van der Waals surface area (Å²) in [5.74, 6) is 1.57. The highest BCUT2D eigenvalue weighted by Crippen LogP contribution is 2.11. The number of aliphatic imine (C=N–C) groups is 1. The number of hydrogen-bond acceptors (Lipinski definition) is 4. The normalized spacial score (nSPS) is 11.5. The van der Waals surface area contributed by atoms with Crippen molar-refractivity contribution in [3.8, 4) is 5.75 Å². The summed E-state index contributed by atoms with van der Waals surface area (Å²) in [7, 11) is 0.182. The van der Waals surface area contributed by atoms with E-state index in [-0.39, 0.29) is 29.7 Å². The molecule has 24 heavy (non-hydrogen) atoms. The standard InChI is InChI=1S/C15H26N4O3S.HI/c1-4-23(20,21)19-12-11-18-15(16-2)17-10-9-13-5-7-14(22-3)8-6-13;/h5-8,19H,4,9-12H2,1-3H3,(H2,16,17,18);1H. The molecule has 1 aromatic carbocycles. The Morgan fingerprint density at radius 1 is 1.12 bits per heavy atom. The monoisotopic (exact) mass is 470 g/mol. The molecule has 0 aliphatic heterocycles. The van der Waals surface area contributed by atoms with Crippen LogP contribution in [0.1, 0.15) is 12.5 Å². The summed E-state index contributed by atoms with van der Waals surface area (Å²) in [6.45, 7) is 3.14. The average molecular weight is 470 g/mol. The molecule has 0 saturated heterocycles. The van der Waals surface area contributed by atoms with Crippen LogP contribution in [0.15, 0.2) is 29.3 Å². The van der Waals surface area contributed by atoms with E-state index < -0.39 is 10.0 Å². The van der Waals surface area contributed by atoms with Gasteiger partial charge in [0.1, 0.15) is 5.75 Å². The molecule has 0 saturated carbocycles. The molecule has 0 spiro atoms. The molecule has 0 atom stereocenters. The predicted octanol–water partition coefficient (Wildman–Crippen LogP) is 0.960. The number of sulfonamides is 1. The fraction of sp³-hybridized carbons (Fsp3) is 0.533. The summed E-state index contributed by atoms with van der Waals surface area (Å²) in [5.41, 5.74) is 1.20. The molecule has 3 N–H and O–H groups in total. The molecule has 1 rings (SSSR count).